The van der Waals surface area contributed by atoms with Crippen molar-refractivity contribution < 1.29 is 18.7 Å². The van der Waals surface area contributed by atoms with Gasteiger partial charge in [0, 0.05) is 25.7 Å². The number of likely N-dealkylation sites (N-methyl/N-ethyl adjacent to an activating group) is 2. The minimum atomic E-state index is -0.182. The van der Waals surface area contributed by atoms with E-state index in [-0.39, 0.29) is 30.7 Å². The smallest absolute Gasteiger partial charge is 0.276 e. The number of benzene rings is 1. The lowest BCUT2D eigenvalue weighted by Gasteiger charge is -2.19. The molecule has 0 saturated heterocycles. The van der Waals surface area contributed by atoms with Crippen molar-refractivity contribution in [2.75, 3.05) is 40.4 Å². The van der Waals surface area contributed by atoms with E-state index < -0.39 is 0 Å². The molecule has 1 aliphatic heterocycles. The molecule has 1 amide bonds. The normalized spacial score (nSPS) is 11.9. The van der Waals surface area contributed by atoms with Crippen molar-refractivity contribution in [3.05, 3.63) is 30.3 Å². The van der Waals surface area contributed by atoms with E-state index in [4.69, 9.17) is 13.9 Å². The average molecular weight is 390 g/mol. The van der Waals surface area contributed by atoms with Crippen LogP contribution in [0.15, 0.2) is 29.0 Å². The summed E-state index contributed by atoms with van der Waals surface area (Å²) in [4.78, 5) is 18.2. The van der Waals surface area contributed by atoms with Crippen LogP contribution >= 0.6 is 24.8 Å². The van der Waals surface area contributed by atoms with Crippen LogP contribution in [0.25, 0.3) is 11.3 Å². The first-order valence-corrected chi connectivity index (χ1v) is 7.44. The zero-order valence-electron chi connectivity index (χ0n) is 14.0. The van der Waals surface area contributed by atoms with Crippen LogP contribution in [0.2, 0.25) is 0 Å². The molecule has 0 spiro atoms. The van der Waals surface area contributed by atoms with Crippen LogP contribution in [0.5, 0.6) is 11.5 Å². The van der Waals surface area contributed by atoms with Gasteiger partial charge in [0.05, 0.1) is 0 Å². The van der Waals surface area contributed by atoms with Crippen molar-refractivity contribution in [3.63, 3.8) is 0 Å². The highest BCUT2D eigenvalue weighted by Crippen LogP contribution is 2.35. The van der Waals surface area contributed by atoms with Gasteiger partial charge in [0.1, 0.15) is 13.2 Å². The fraction of sp³-hybridized carbons (Fsp3) is 0.375. The number of ether oxygens (including phenoxy) is 2. The molecule has 0 unspecified atom stereocenters. The molecular weight excluding hydrogens is 369 g/mol. The van der Waals surface area contributed by atoms with E-state index in [1.165, 1.54) is 6.39 Å². The minimum Gasteiger partial charge on any atom is -0.486 e. The highest BCUT2D eigenvalue weighted by molar-refractivity contribution is 5.97. The lowest BCUT2D eigenvalue weighted by atomic mass is 10.1. The number of nitrogens with one attached hydrogen (secondary N) is 1. The molecule has 0 fully saturated rings. The summed E-state index contributed by atoms with van der Waals surface area (Å²) < 4.78 is 16.5. The van der Waals surface area contributed by atoms with Crippen LogP contribution in [-0.2, 0) is 0 Å². The van der Waals surface area contributed by atoms with Gasteiger partial charge in [-0.15, -0.1) is 24.8 Å². The Morgan fingerprint density at radius 2 is 1.96 bits per heavy atom. The Kier molecular flexibility index (Phi) is 8.02. The van der Waals surface area contributed by atoms with Crippen molar-refractivity contribution >= 4 is 30.7 Å². The third kappa shape index (κ3) is 4.56. The molecule has 1 aliphatic rings. The highest BCUT2D eigenvalue weighted by Gasteiger charge is 2.23. The number of halogens is 2. The molecule has 1 aromatic carbocycles. The number of aromatic nitrogens is 1. The SMILES string of the molecule is CNCCN(C)C(=O)c1ncoc1-c1ccc2c(c1)OCCO2.Cl.Cl. The van der Waals surface area contributed by atoms with E-state index in [0.29, 0.717) is 49.3 Å². The fourth-order valence-corrected chi connectivity index (χ4v) is 2.35. The zero-order valence-corrected chi connectivity index (χ0v) is 15.6. The Morgan fingerprint density at radius 3 is 2.68 bits per heavy atom. The largest absolute Gasteiger partial charge is 0.486 e. The molecule has 2 aromatic rings. The summed E-state index contributed by atoms with van der Waals surface area (Å²) in [7, 11) is 3.58. The van der Waals surface area contributed by atoms with Gasteiger partial charge in [-0.3, -0.25) is 4.79 Å². The van der Waals surface area contributed by atoms with Crippen LogP contribution in [0, 0.1) is 0 Å². The first kappa shape index (κ1) is 21.1. The first-order chi connectivity index (χ1) is 11.2. The van der Waals surface area contributed by atoms with Gasteiger partial charge in [0.2, 0.25) is 0 Å². The molecular formula is C16H21Cl2N3O4. The number of nitrogens with zero attached hydrogens (tertiary/aromatic N) is 2. The Bertz CT molecular complexity index is 708. The Morgan fingerprint density at radius 1 is 1.24 bits per heavy atom. The second kappa shape index (κ2) is 9.50. The fourth-order valence-electron chi connectivity index (χ4n) is 2.35. The number of carbonyl (C=O) groups excluding carboxylic acids is 1. The predicted octanol–water partition coefficient (Wildman–Crippen LogP) is 2.25. The van der Waals surface area contributed by atoms with Crippen LogP contribution < -0.4 is 14.8 Å². The minimum absolute atomic E-state index is 0. The molecule has 3 rings (SSSR count). The lowest BCUT2D eigenvalue weighted by molar-refractivity contribution is 0.0792. The summed E-state index contributed by atoms with van der Waals surface area (Å²) in [6.07, 6.45) is 1.28. The van der Waals surface area contributed by atoms with E-state index in [1.54, 1.807) is 18.0 Å². The molecule has 0 atom stereocenters. The number of fused-ring (bicyclic) bond motifs is 1. The van der Waals surface area contributed by atoms with Gasteiger partial charge in [-0.05, 0) is 25.2 Å². The van der Waals surface area contributed by atoms with Gasteiger partial charge in [-0.1, -0.05) is 0 Å². The Labute approximate surface area is 158 Å². The first-order valence-electron chi connectivity index (χ1n) is 7.44. The second-order valence-corrected chi connectivity index (χ2v) is 5.22. The van der Waals surface area contributed by atoms with Crippen LogP contribution in [0.3, 0.4) is 0 Å². The number of amides is 1. The van der Waals surface area contributed by atoms with E-state index in [2.05, 4.69) is 10.3 Å². The Balaban J connectivity index is 0.00000156. The van der Waals surface area contributed by atoms with Gasteiger partial charge in [0.25, 0.3) is 5.91 Å². The number of hydrogen-bond acceptors (Lipinski definition) is 6. The van der Waals surface area contributed by atoms with Crippen LogP contribution in [0.1, 0.15) is 10.5 Å². The van der Waals surface area contributed by atoms with Gasteiger partial charge in [-0.25, -0.2) is 4.98 Å². The molecule has 25 heavy (non-hydrogen) atoms. The van der Waals surface area contributed by atoms with Crippen molar-refractivity contribution in [1.82, 2.24) is 15.2 Å². The predicted molar refractivity (Wildman–Crippen MR) is 98.3 cm³/mol. The van der Waals surface area contributed by atoms with Gasteiger partial charge >= 0.3 is 0 Å². The Hall–Kier alpha value is -1.96. The van der Waals surface area contributed by atoms with Crippen molar-refractivity contribution in [2.45, 2.75) is 0 Å². The number of oxazole rings is 1. The molecule has 2 heterocycles. The number of hydrogen-bond donors (Lipinski definition) is 1. The molecule has 9 heteroatoms. The van der Waals surface area contributed by atoms with Gasteiger partial charge in [0.15, 0.2) is 29.3 Å². The average Bonchev–Trinajstić information content (AvgIpc) is 3.08. The van der Waals surface area contributed by atoms with E-state index in [1.807, 2.05) is 19.2 Å². The molecule has 138 valence electrons. The van der Waals surface area contributed by atoms with Crippen molar-refractivity contribution in [3.8, 4) is 22.8 Å². The van der Waals surface area contributed by atoms with Gasteiger partial charge in [-0.2, -0.15) is 0 Å². The van der Waals surface area contributed by atoms with Crippen molar-refractivity contribution in [1.29, 1.82) is 0 Å². The topological polar surface area (TPSA) is 76.8 Å². The summed E-state index contributed by atoms with van der Waals surface area (Å²) in [5, 5.41) is 3.01. The third-order valence-electron chi connectivity index (χ3n) is 3.62. The quantitative estimate of drug-likeness (QED) is 0.844. The van der Waals surface area contributed by atoms with E-state index >= 15 is 0 Å². The molecule has 0 bridgehead atoms. The summed E-state index contributed by atoms with van der Waals surface area (Å²) >= 11 is 0. The standard InChI is InChI=1S/C16H19N3O4.2ClH/c1-17-5-6-19(2)16(20)14-15(23-10-18-14)11-3-4-12-13(9-11)22-8-7-21-12;;/h3-4,9-10,17H,5-8H2,1-2H3;2*1H. The third-order valence-corrected chi connectivity index (χ3v) is 3.62. The number of rotatable bonds is 5. The lowest BCUT2D eigenvalue weighted by Crippen LogP contribution is -2.33. The molecule has 0 radical (unpaired) electrons. The second-order valence-electron chi connectivity index (χ2n) is 5.22. The maximum Gasteiger partial charge on any atom is 0.276 e. The summed E-state index contributed by atoms with van der Waals surface area (Å²) in [5.41, 5.74) is 1.03. The van der Waals surface area contributed by atoms with Crippen LogP contribution in [-0.4, -0.2) is 56.2 Å². The van der Waals surface area contributed by atoms with E-state index in [9.17, 15) is 4.79 Å². The van der Waals surface area contributed by atoms with E-state index in [0.717, 1.165) is 5.56 Å². The van der Waals surface area contributed by atoms with Crippen LogP contribution in [0.4, 0.5) is 0 Å². The number of carbonyl (C=O) groups is 1. The van der Waals surface area contributed by atoms with Gasteiger partial charge < -0.3 is 24.1 Å². The maximum absolute atomic E-state index is 12.5. The van der Waals surface area contributed by atoms with Crippen molar-refractivity contribution in [2.24, 2.45) is 0 Å². The molecule has 7 nitrogen and oxygen atoms in total. The molecule has 1 aromatic heterocycles. The summed E-state index contributed by atoms with van der Waals surface area (Å²) in [6, 6.07) is 5.45. The molecule has 0 saturated carbocycles. The summed E-state index contributed by atoms with van der Waals surface area (Å²) in [6.45, 7) is 2.34. The maximum atomic E-state index is 12.5. The molecule has 1 N–H and O–H groups in total. The monoisotopic (exact) mass is 389 g/mol. The zero-order chi connectivity index (χ0) is 16.2. The highest BCUT2D eigenvalue weighted by atomic mass is 35.5. The summed E-state index contributed by atoms with van der Waals surface area (Å²) in [5.74, 6) is 1.59. The molecule has 0 aliphatic carbocycles.